The summed E-state index contributed by atoms with van der Waals surface area (Å²) in [5.74, 6) is 0. The standard InChI is InChI=1S/C9H15ClN4O2S/c1-14-9(8(10)6-12-14)17(15,16)13-7-3-2-4-11-5-7/h6-7,11,13H,2-5H2,1H3/t7-/m0/s1. The number of halogens is 1. The maximum atomic E-state index is 12.1. The molecule has 0 saturated carbocycles. The number of nitrogens with one attached hydrogen (secondary N) is 2. The molecule has 1 aromatic heterocycles. The fourth-order valence-corrected chi connectivity index (χ4v) is 3.86. The summed E-state index contributed by atoms with van der Waals surface area (Å²) in [4.78, 5) is 0. The number of sulfonamides is 1. The van der Waals surface area contributed by atoms with Crippen LogP contribution in [-0.2, 0) is 17.1 Å². The van der Waals surface area contributed by atoms with Gasteiger partial charge >= 0.3 is 0 Å². The molecule has 1 saturated heterocycles. The second-order valence-corrected chi connectivity index (χ2v) is 6.12. The lowest BCUT2D eigenvalue weighted by atomic mass is 10.1. The second-order valence-electron chi connectivity index (χ2n) is 4.09. The lowest BCUT2D eigenvalue weighted by Crippen LogP contribution is -2.45. The fourth-order valence-electron chi connectivity index (χ4n) is 1.93. The quantitative estimate of drug-likeness (QED) is 0.822. The molecule has 1 fully saturated rings. The first-order valence-electron chi connectivity index (χ1n) is 5.41. The van der Waals surface area contributed by atoms with E-state index in [0.717, 1.165) is 19.4 Å². The predicted molar refractivity (Wildman–Crippen MR) is 64.4 cm³/mol. The summed E-state index contributed by atoms with van der Waals surface area (Å²) in [5.41, 5.74) is 0. The van der Waals surface area contributed by atoms with Gasteiger partial charge in [-0.15, -0.1) is 0 Å². The van der Waals surface area contributed by atoms with Crippen molar-refractivity contribution in [1.82, 2.24) is 19.8 Å². The Morgan fingerprint density at radius 3 is 2.94 bits per heavy atom. The number of piperidine rings is 1. The molecule has 1 aliphatic heterocycles. The number of nitrogens with zero attached hydrogens (tertiary/aromatic N) is 2. The van der Waals surface area contributed by atoms with Crippen molar-refractivity contribution in [2.45, 2.75) is 23.9 Å². The van der Waals surface area contributed by atoms with E-state index in [9.17, 15) is 8.42 Å². The summed E-state index contributed by atoms with van der Waals surface area (Å²) >= 11 is 5.83. The van der Waals surface area contributed by atoms with E-state index in [4.69, 9.17) is 11.6 Å². The Balaban J connectivity index is 2.19. The van der Waals surface area contributed by atoms with Crippen LogP contribution in [-0.4, -0.2) is 37.3 Å². The van der Waals surface area contributed by atoms with Crippen molar-refractivity contribution in [3.05, 3.63) is 11.2 Å². The Labute approximate surface area is 105 Å². The Kier molecular flexibility index (Phi) is 3.72. The Morgan fingerprint density at radius 1 is 1.65 bits per heavy atom. The van der Waals surface area contributed by atoms with E-state index in [1.165, 1.54) is 10.9 Å². The van der Waals surface area contributed by atoms with E-state index in [2.05, 4.69) is 15.1 Å². The summed E-state index contributed by atoms with van der Waals surface area (Å²) < 4.78 is 28.1. The molecule has 0 aromatic carbocycles. The first-order valence-corrected chi connectivity index (χ1v) is 7.27. The highest BCUT2D eigenvalue weighted by Crippen LogP contribution is 2.20. The Bertz CT molecular complexity index is 474. The SMILES string of the molecule is Cn1ncc(Cl)c1S(=O)(=O)N[C@H]1CCCNC1. The van der Waals surface area contributed by atoms with Crippen molar-refractivity contribution in [2.24, 2.45) is 7.05 Å². The number of hydrogen-bond donors (Lipinski definition) is 2. The number of hydrogen-bond acceptors (Lipinski definition) is 4. The molecule has 2 rings (SSSR count). The molecular formula is C9H15ClN4O2S. The Morgan fingerprint density at radius 2 is 2.41 bits per heavy atom. The van der Waals surface area contributed by atoms with Gasteiger partial charge in [0.25, 0.3) is 10.0 Å². The molecule has 8 heteroatoms. The molecule has 96 valence electrons. The lowest BCUT2D eigenvalue weighted by molar-refractivity contribution is 0.427. The molecule has 0 aliphatic carbocycles. The number of rotatable bonds is 3. The molecule has 0 spiro atoms. The smallest absolute Gasteiger partial charge is 0.259 e. The minimum absolute atomic E-state index is 0.0183. The molecule has 0 radical (unpaired) electrons. The molecule has 1 atom stereocenters. The average molecular weight is 279 g/mol. The van der Waals surface area contributed by atoms with Gasteiger partial charge < -0.3 is 5.32 Å². The highest BCUT2D eigenvalue weighted by molar-refractivity contribution is 7.89. The summed E-state index contributed by atoms with van der Waals surface area (Å²) in [6.07, 6.45) is 3.13. The minimum Gasteiger partial charge on any atom is -0.315 e. The van der Waals surface area contributed by atoms with Gasteiger partial charge in [-0.1, -0.05) is 11.6 Å². The molecule has 0 unspecified atom stereocenters. The summed E-state index contributed by atoms with van der Waals surface area (Å²) in [5, 5.41) is 7.14. The van der Waals surface area contributed by atoms with Gasteiger partial charge in [-0.05, 0) is 19.4 Å². The maximum Gasteiger partial charge on any atom is 0.259 e. The second kappa shape index (κ2) is 4.93. The van der Waals surface area contributed by atoms with Gasteiger partial charge in [-0.2, -0.15) is 5.10 Å². The van der Waals surface area contributed by atoms with Crippen LogP contribution >= 0.6 is 11.6 Å². The largest absolute Gasteiger partial charge is 0.315 e. The highest BCUT2D eigenvalue weighted by Gasteiger charge is 2.26. The van der Waals surface area contributed by atoms with Crippen LogP contribution in [0.3, 0.4) is 0 Å². The van der Waals surface area contributed by atoms with Crippen LogP contribution in [0.15, 0.2) is 11.2 Å². The van der Waals surface area contributed by atoms with Gasteiger partial charge in [-0.25, -0.2) is 13.1 Å². The topological polar surface area (TPSA) is 76.0 Å². The van der Waals surface area contributed by atoms with Crippen molar-refractivity contribution < 1.29 is 8.42 Å². The van der Waals surface area contributed by atoms with E-state index in [0.29, 0.717) is 6.54 Å². The van der Waals surface area contributed by atoms with E-state index in [1.54, 1.807) is 7.05 Å². The van der Waals surface area contributed by atoms with Gasteiger partial charge in [0.05, 0.1) is 11.2 Å². The average Bonchev–Trinajstić information content (AvgIpc) is 2.59. The zero-order chi connectivity index (χ0) is 12.5. The number of aromatic nitrogens is 2. The third kappa shape index (κ3) is 2.79. The van der Waals surface area contributed by atoms with Crippen LogP contribution in [0.5, 0.6) is 0 Å². The van der Waals surface area contributed by atoms with Gasteiger partial charge in [-0.3, -0.25) is 4.68 Å². The fraction of sp³-hybridized carbons (Fsp3) is 0.667. The molecule has 2 N–H and O–H groups in total. The van der Waals surface area contributed by atoms with Crippen LogP contribution in [0, 0.1) is 0 Å². The molecule has 1 aromatic rings. The highest BCUT2D eigenvalue weighted by atomic mass is 35.5. The first-order chi connectivity index (χ1) is 8.00. The van der Waals surface area contributed by atoms with Gasteiger partial charge in [0.1, 0.15) is 0 Å². The number of aryl methyl sites for hydroxylation is 1. The molecule has 0 amide bonds. The van der Waals surface area contributed by atoms with Crippen LogP contribution in [0.1, 0.15) is 12.8 Å². The van der Waals surface area contributed by atoms with E-state index in [-0.39, 0.29) is 16.1 Å². The van der Waals surface area contributed by atoms with Crippen molar-refractivity contribution >= 4 is 21.6 Å². The molecule has 1 aliphatic rings. The lowest BCUT2D eigenvalue weighted by Gasteiger charge is -2.23. The van der Waals surface area contributed by atoms with Crippen molar-refractivity contribution in [3.63, 3.8) is 0 Å². The third-order valence-corrected chi connectivity index (χ3v) is 4.74. The van der Waals surface area contributed by atoms with Crippen molar-refractivity contribution in [1.29, 1.82) is 0 Å². The van der Waals surface area contributed by atoms with E-state index < -0.39 is 10.0 Å². The van der Waals surface area contributed by atoms with Crippen LogP contribution in [0.25, 0.3) is 0 Å². The van der Waals surface area contributed by atoms with E-state index in [1.807, 2.05) is 0 Å². The molecule has 17 heavy (non-hydrogen) atoms. The zero-order valence-corrected chi connectivity index (χ0v) is 11.1. The maximum absolute atomic E-state index is 12.1. The molecular weight excluding hydrogens is 264 g/mol. The monoisotopic (exact) mass is 278 g/mol. The van der Waals surface area contributed by atoms with Crippen molar-refractivity contribution in [3.8, 4) is 0 Å². The first kappa shape index (κ1) is 12.8. The summed E-state index contributed by atoms with van der Waals surface area (Å²) in [6, 6.07) is -0.0836. The van der Waals surface area contributed by atoms with Crippen molar-refractivity contribution in [2.75, 3.05) is 13.1 Å². The van der Waals surface area contributed by atoms with E-state index >= 15 is 0 Å². The third-order valence-electron chi connectivity index (χ3n) is 2.72. The van der Waals surface area contributed by atoms with Gasteiger partial charge in [0.15, 0.2) is 5.03 Å². The Hall–Kier alpha value is -0.630. The van der Waals surface area contributed by atoms with Crippen LogP contribution in [0.2, 0.25) is 5.02 Å². The van der Waals surface area contributed by atoms with Gasteiger partial charge in [0, 0.05) is 19.6 Å². The molecule has 6 nitrogen and oxygen atoms in total. The van der Waals surface area contributed by atoms with Gasteiger partial charge in [0.2, 0.25) is 0 Å². The zero-order valence-electron chi connectivity index (χ0n) is 9.48. The summed E-state index contributed by atoms with van der Waals surface area (Å²) in [7, 11) is -2.04. The predicted octanol–water partition coefficient (Wildman–Crippen LogP) is 0.104. The molecule has 2 heterocycles. The normalized spacial score (nSPS) is 21.6. The minimum atomic E-state index is -3.60. The van der Waals surface area contributed by atoms with Crippen LogP contribution < -0.4 is 10.0 Å². The summed E-state index contributed by atoms with van der Waals surface area (Å²) in [6.45, 7) is 1.58. The van der Waals surface area contributed by atoms with Crippen LogP contribution in [0.4, 0.5) is 0 Å². The molecule has 0 bridgehead atoms.